The second kappa shape index (κ2) is 5.48. The van der Waals surface area contributed by atoms with E-state index in [0.717, 1.165) is 11.3 Å². The summed E-state index contributed by atoms with van der Waals surface area (Å²) in [4.78, 5) is 24.2. The van der Waals surface area contributed by atoms with Gasteiger partial charge in [0.05, 0.1) is 22.8 Å². The Balaban J connectivity index is 2.37. The zero-order chi connectivity index (χ0) is 14.0. The predicted molar refractivity (Wildman–Crippen MR) is 73.9 cm³/mol. The fraction of sp³-hybridized carbons (Fsp3) is 0.385. The first-order chi connectivity index (χ1) is 8.97. The van der Waals surface area contributed by atoms with E-state index in [9.17, 15) is 9.59 Å². The molecule has 1 aliphatic rings. The molecule has 102 valence electrons. The maximum atomic E-state index is 11.7. The van der Waals surface area contributed by atoms with Crippen LogP contribution in [0.1, 0.15) is 18.4 Å². The van der Waals surface area contributed by atoms with Crippen molar-refractivity contribution in [3.63, 3.8) is 0 Å². The number of carboxylic acids is 1. The summed E-state index contributed by atoms with van der Waals surface area (Å²) >= 11 is 6.16. The van der Waals surface area contributed by atoms with Crippen molar-refractivity contribution < 1.29 is 14.7 Å². The second-order valence-electron chi connectivity index (χ2n) is 4.57. The fourth-order valence-corrected chi connectivity index (χ4v) is 2.43. The smallest absolute Gasteiger partial charge is 0.305 e. The Morgan fingerprint density at radius 3 is 2.95 bits per heavy atom. The average molecular weight is 283 g/mol. The van der Waals surface area contributed by atoms with E-state index in [1.165, 1.54) is 0 Å². The molecular formula is C13H15ClN2O3. The van der Waals surface area contributed by atoms with Crippen molar-refractivity contribution in [3.05, 3.63) is 22.7 Å². The molecule has 19 heavy (non-hydrogen) atoms. The van der Waals surface area contributed by atoms with Crippen molar-refractivity contribution in [3.8, 4) is 0 Å². The first-order valence-corrected chi connectivity index (χ1v) is 6.42. The van der Waals surface area contributed by atoms with E-state index in [1.807, 2.05) is 17.9 Å². The molecule has 0 atom stereocenters. The summed E-state index contributed by atoms with van der Waals surface area (Å²) in [6, 6.07) is 3.69. The van der Waals surface area contributed by atoms with Crippen molar-refractivity contribution in [1.82, 2.24) is 0 Å². The Bertz CT molecular complexity index is 531. The van der Waals surface area contributed by atoms with E-state index in [2.05, 4.69) is 5.32 Å². The highest BCUT2D eigenvalue weighted by molar-refractivity contribution is 6.34. The number of carbonyl (C=O) groups is 2. The number of nitrogens with zero attached hydrogens (tertiary/aromatic N) is 1. The first kappa shape index (κ1) is 13.7. The second-order valence-corrected chi connectivity index (χ2v) is 4.98. The Hall–Kier alpha value is -1.75. The summed E-state index contributed by atoms with van der Waals surface area (Å²) in [5, 5.41) is 12.0. The van der Waals surface area contributed by atoms with Crippen LogP contribution in [0.5, 0.6) is 0 Å². The number of aryl methyl sites for hydroxylation is 1. The van der Waals surface area contributed by atoms with Gasteiger partial charge in [-0.2, -0.15) is 0 Å². The molecule has 1 aromatic rings. The number of carbonyl (C=O) groups excluding carboxylic acids is 1. The molecule has 5 nitrogen and oxygen atoms in total. The van der Waals surface area contributed by atoms with Crippen molar-refractivity contribution in [2.45, 2.75) is 19.8 Å². The lowest BCUT2D eigenvalue weighted by atomic mass is 10.1. The Morgan fingerprint density at radius 2 is 2.26 bits per heavy atom. The van der Waals surface area contributed by atoms with Gasteiger partial charge in [0.2, 0.25) is 5.91 Å². The lowest BCUT2D eigenvalue weighted by Gasteiger charge is -2.24. The number of benzene rings is 1. The summed E-state index contributed by atoms with van der Waals surface area (Å²) in [7, 11) is 0. The van der Waals surface area contributed by atoms with Crippen molar-refractivity contribution >= 4 is 34.9 Å². The molecule has 0 aliphatic carbocycles. The quantitative estimate of drug-likeness (QED) is 0.892. The SMILES string of the molecule is Cc1cc(Cl)c2c(c1)N(CCC(=O)O)CCC(=O)N2. The lowest BCUT2D eigenvalue weighted by molar-refractivity contribution is -0.136. The monoisotopic (exact) mass is 282 g/mol. The minimum Gasteiger partial charge on any atom is -0.481 e. The van der Waals surface area contributed by atoms with E-state index >= 15 is 0 Å². The van der Waals surface area contributed by atoms with Gasteiger partial charge in [-0.25, -0.2) is 0 Å². The minimum absolute atomic E-state index is 0.0270. The molecule has 2 N–H and O–H groups in total. The number of aliphatic carboxylic acids is 1. The van der Waals surface area contributed by atoms with Gasteiger partial charge in [0.1, 0.15) is 0 Å². The number of halogens is 1. The summed E-state index contributed by atoms with van der Waals surface area (Å²) < 4.78 is 0. The molecule has 1 aromatic carbocycles. The Labute approximate surface area is 116 Å². The van der Waals surface area contributed by atoms with Crippen LogP contribution in [0.25, 0.3) is 0 Å². The Kier molecular flexibility index (Phi) is 3.95. The number of hydrogen-bond acceptors (Lipinski definition) is 3. The Morgan fingerprint density at radius 1 is 1.53 bits per heavy atom. The molecule has 1 heterocycles. The third-order valence-electron chi connectivity index (χ3n) is 3.02. The van der Waals surface area contributed by atoms with Crippen LogP contribution in [0.15, 0.2) is 12.1 Å². The molecule has 0 bridgehead atoms. The molecule has 0 radical (unpaired) electrons. The molecule has 2 rings (SSSR count). The lowest BCUT2D eigenvalue weighted by Crippen LogP contribution is -2.27. The maximum absolute atomic E-state index is 11.7. The van der Waals surface area contributed by atoms with E-state index in [0.29, 0.717) is 30.2 Å². The number of amides is 1. The maximum Gasteiger partial charge on any atom is 0.305 e. The average Bonchev–Trinajstić information content (AvgIpc) is 2.47. The molecule has 0 unspecified atom stereocenters. The number of hydrogen-bond donors (Lipinski definition) is 2. The van der Waals surface area contributed by atoms with Gasteiger partial charge in [-0.3, -0.25) is 9.59 Å². The number of rotatable bonds is 3. The molecule has 6 heteroatoms. The molecule has 0 spiro atoms. The van der Waals surface area contributed by atoms with Crippen molar-refractivity contribution in [2.24, 2.45) is 0 Å². The molecule has 0 saturated heterocycles. The largest absolute Gasteiger partial charge is 0.481 e. The van der Waals surface area contributed by atoms with Gasteiger partial charge < -0.3 is 15.3 Å². The number of nitrogens with one attached hydrogen (secondary N) is 1. The van der Waals surface area contributed by atoms with E-state index < -0.39 is 5.97 Å². The van der Waals surface area contributed by atoms with E-state index in [4.69, 9.17) is 16.7 Å². The van der Waals surface area contributed by atoms with Crippen molar-refractivity contribution in [2.75, 3.05) is 23.3 Å². The van der Waals surface area contributed by atoms with Crippen LogP contribution in [0.4, 0.5) is 11.4 Å². The third kappa shape index (κ3) is 3.17. The van der Waals surface area contributed by atoms with E-state index in [-0.39, 0.29) is 12.3 Å². The fourth-order valence-electron chi connectivity index (χ4n) is 2.12. The van der Waals surface area contributed by atoms with Gasteiger partial charge in [0.25, 0.3) is 0 Å². The number of anilines is 2. The van der Waals surface area contributed by atoms with Gasteiger partial charge in [-0.1, -0.05) is 11.6 Å². The summed E-state index contributed by atoms with van der Waals surface area (Å²) in [6.45, 7) is 2.76. The molecule has 1 amide bonds. The first-order valence-electron chi connectivity index (χ1n) is 6.04. The molecule has 0 saturated carbocycles. The molecular weight excluding hydrogens is 268 g/mol. The van der Waals surface area contributed by atoms with Gasteiger partial charge in [0.15, 0.2) is 0 Å². The van der Waals surface area contributed by atoms with Crippen LogP contribution < -0.4 is 10.2 Å². The van der Waals surface area contributed by atoms with Crippen molar-refractivity contribution in [1.29, 1.82) is 0 Å². The topological polar surface area (TPSA) is 69.6 Å². The minimum atomic E-state index is -0.858. The third-order valence-corrected chi connectivity index (χ3v) is 3.32. The van der Waals surface area contributed by atoms with Gasteiger partial charge in [-0.05, 0) is 24.6 Å². The van der Waals surface area contributed by atoms with Crippen LogP contribution in [0.2, 0.25) is 5.02 Å². The standard InChI is InChI=1S/C13H15ClN2O3/c1-8-6-9(14)13-10(7-8)16(5-3-12(18)19)4-2-11(17)15-13/h6-7H,2-5H2,1H3,(H,15,17)(H,18,19). The highest BCUT2D eigenvalue weighted by Crippen LogP contribution is 2.36. The summed E-state index contributed by atoms with van der Waals surface area (Å²) in [5.41, 5.74) is 2.33. The van der Waals surface area contributed by atoms with Crippen LogP contribution >= 0.6 is 11.6 Å². The normalized spacial score (nSPS) is 14.6. The predicted octanol–water partition coefficient (Wildman–Crippen LogP) is 2.27. The zero-order valence-corrected chi connectivity index (χ0v) is 11.3. The number of carboxylic acid groups (broad SMARTS) is 1. The van der Waals surface area contributed by atoms with Crippen LogP contribution in [-0.4, -0.2) is 30.1 Å². The van der Waals surface area contributed by atoms with Crippen LogP contribution in [-0.2, 0) is 9.59 Å². The van der Waals surface area contributed by atoms with Gasteiger partial charge >= 0.3 is 5.97 Å². The van der Waals surface area contributed by atoms with Gasteiger partial charge in [0, 0.05) is 19.5 Å². The molecule has 1 aliphatic heterocycles. The highest BCUT2D eigenvalue weighted by Gasteiger charge is 2.22. The summed E-state index contributed by atoms with van der Waals surface area (Å²) in [5.74, 6) is -0.964. The highest BCUT2D eigenvalue weighted by atomic mass is 35.5. The summed E-state index contributed by atoms with van der Waals surface area (Å²) in [6.07, 6.45) is 0.350. The number of fused-ring (bicyclic) bond motifs is 1. The zero-order valence-electron chi connectivity index (χ0n) is 10.6. The van der Waals surface area contributed by atoms with Gasteiger partial charge in [-0.15, -0.1) is 0 Å². The molecule has 0 aromatic heterocycles. The molecule has 0 fully saturated rings. The van der Waals surface area contributed by atoms with Crippen LogP contribution in [0.3, 0.4) is 0 Å². The van der Waals surface area contributed by atoms with E-state index in [1.54, 1.807) is 6.07 Å². The van der Waals surface area contributed by atoms with Crippen LogP contribution in [0, 0.1) is 6.92 Å².